The average molecular weight is 338 g/mol. The Morgan fingerprint density at radius 2 is 1.88 bits per heavy atom. The van der Waals surface area contributed by atoms with Crippen LogP contribution in [-0.4, -0.2) is 44.8 Å². The van der Waals surface area contributed by atoms with Crippen LogP contribution in [0.2, 0.25) is 0 Å². The second-order valence-corrected chi connectivity index (χ2v) is 9.38. The Balaban J connectivity index is 2.05. The van der Waals surface area contributed by atoms with Gasteiger partial charge in [0, 0.05) is 17.9 Å². The predicted octanol–water partition coefficient (Wildman–Crippen LogP) is 2.11. The van der Waals surface area contributed by atoms with Gasteiger partial charge in [0.1, 0.15) is 0 Å². The molecule has 0 bridgehead atoms. The maximum atomic E-state index is 11.1. The van der Waals surface area contributed by atoms with E-state index in [0.29, 0.717) is 24.7 Å². The van der Waals surface area contributed by atoms with Gasteiger partial charge in [-0.15, -0.1) is 0 Å². The molecule has 0 spiro atoms. The molecule has 0 aromatic heterocycles. The van der Waals surface area contributed by atoms with Crippen molar-refractivity contribution in [2.24, 2.45) is 35.0 Å². The first-order valence-corrected chi connectivity index (χ1v) is 9.51. The van der Waals surface area contributed by atoms with Crippen molar-refractivity contribution in [1.82, 2.24) is 0 Å². The first-order chi connectivity index (χ1) is 11.1. The normalized spacial score (nSPS) is 51.8. The molecular formula is C20H34O4. The molecule has 138 valence electrons. The molecule has 2 fully saturated rings. The van der Waals surface area contributed by atoms with E-state index in [4.69, 9.17) is 0 Å². The third-order valence-corrected chi connectivity index (χ3v) is 7.45. The van der Waals surface area contributed by atoms with Crippen LogP contribution in [0.5, 0.6) is 0 Å². The Kier molecular flexibility index (Phi) is 4.66. The summed E-state index contributed by atoms with van der Waals surface area (Å²) in [7, 11) is 0. The molecule has 0 aliphatic heterocycles. The number of hydrogen-bond donors (Lipinski definition) is 4. The maximum Gasteiger partial charge on any atom is 0.0709 e. The third kappa shape index (κ3) is 2.66. The van der Waals surface area contributed by atoms with Gasteiger partial charge in [-0.05, 0) is 56.3 Å². The minimum absolute atomic E-state index is 0.00190. The molecule has 0 heterocycles. The monoisotopic (exact) mass is 338 g/mol. The molecule has 4 nitrogen and oxygen atoms in total. The van der Waals surface area contributed by atoms with Crippen molar-refractivity contribution in [2.45, 2.75) is 71.2 Å². The molecule has 0 saturated heterocycles. The highest BCUT2D eigenvalue weighted by Gasteiger charge is 2.57. The van der Waals surface area contributed by atoms with E-state index in [2.05, 4.69) is 26.8 Å². The van der Waals surface area contributed by atoms with Crippen LogP contribution in [0.3, 0.4) is 0 Å². The number of rotatable bonds is 2. The van der Waals surface area contributed by atoms with E-state index in [1.165, 1.54) is 5.57 Å². The van der Waals surface area contributed by atoms with Crippen LogP contribution < -0.4 is 0 Å². The molecule has 0 aromatic carbocycles. The third-order valence-electron chi connectivity index (χ3n) is 7.45. The summed E-state index contributed by atoms with van der Waals surface area (Å²) in [5.41, 5.74) is -0.00901. The van der Waals surface area contributed by atoms with Gasteiger partial charge in [-0.1, -0.05) is 32.4 Å². The molecule has 0 amide bonds. The van der Waals surface area contributed by atoms with Gasteiger partial charge >= 0.3 is 0 Å². The zero-order valence-electron chi connectivity index (χ0n) is 15.4. The highest BCUT2D eigenvalue weighted by atomic mass is 16.3. The molecule has 8 atom stereocenters. The Labute approximate surface area is 145 Å². The van der Waals surface area contributed by atoms with Crippen LogP contribution in [0, 0.1) is 35.0 Å². The fourth-order valence-electron chi connectivity index (χ4n) is 6.04. The standard InChI is InChI=1S/C20H34O4/c1-11(2)13-8-17(23)19(3)9-14-12(10-21)7-16(22)18(14)20(4,24)6-5-15(13)19/h5,11-14,16-18,21-24H,6-10H2,1-4H3/t12-,13+,14+,16+,17-,18-,19+,20-/m0/s1. The van der Waals surface area contributed by atoms with Crippen molar-refractivity contribution in [3.05, 3.63) is 11.6 Å². The highest BCUT2D eigenvalue weighted by molar-refractivity contribution is 5.28. The van der Waals surface area contributed by atoms with Gasteiger partial charge in [0.15, 0.2) is 0 Å². The highest BCUT2D eigenvalue weighted by Crippen LogP contribution is 2.58. The van der Waals surface area contributed by atoms with Gasteiger partial charge in [-0.2, -0.15) is 0 Å². The lowest BCUT2D eigenvalue weighted by Crippen LogP contribution is -2.46. The zero-order valence-corrected chi connectivity index (χ0v) is 15.4. The smallest absolute Gasteiger partial charge is 0.0709 e. The lowest BCUT2D eigenvalue weighted by atomic mass is 9.63. The fourth-order valence-corrected chi connectivity index (χ4v) is 6.04. The molecule has 4 heteroatoms. The largest absolute Gasteiger partial charge is 0.396 e. The van der Waals surface area contributed by atoms with Gasteiger partial charge in [0.25, 0.3) is 0 Å². The minimum Gasteiger partial charge on any atom is -0.396 e. The van der Waals surface area contributed by atoms with Crippen molar-refractivity contribution in [3.8, 4) is 0 Å². The van der Waals surface area contributed by atoms with Crippen LogP contribution in [0.4, 0.5) is 0 Å². The van der Waals surface area contributed by atoms with Gasteiger partial charge < -0.3 is 20.4 Å². The van der Waals surface area contributed by atoms with Gasteiger partial charge in [-0.3, -0.25) is 0 Å². The number of aliphatic hydroxyl groups excluding tert-OH is 3. The molecule has 0 radical (unpaired) electrons. The fraction of sp³-hybridized carbons (Fsp3) is 0.900. The molecule has 0 unspecified atom stereocenters. The Morgan fingerprint density at radius 3 is 2.46 bits per heavy atom. The first-order valence-electron chi connectivity index (χ1n) is 9.51. The summed E-state index contributed by atoms with van der Waals surface area (Å²) < 4.78 is 0. The topological polar surface area (TPSA) is 80.9 Å². The summed E-state index contributed by atoms with van der Waals surface area (Å²) in [6.07, 6.45) is 3.72. The molecule has 0 aromatic rings. The van der Waals surface area contributed by atoms with E-state index in [1.807, 2.05) is 6.92 Å². The van der Waals surface area contributed by atoms with E-state index in [9.17, 15) is 20.4 Å². The minimum atomic E-state index is -0.975. The molecule has 3 rings (SSSR count). The van der Waals surface area contributed by atoms with Gasteiger partial charge in [-0.25, -0.2) is 0 Å². The second kappa shape index (κ2) is 6.08. The second-order valence-electron chi connectivity index (χ2n) is 9.38. The van der Waals surface area contributed by atoms with Crippen LogP contribution in [-0.2, 0) is 0 Å². The lowest BCUT2D eigenvalue weighted by molar-refractivity contribution is -0.0763. The Hall–Kier alpha value is -0.420. The van der Waals surface area contributed by atoms with E-state index in [1.54, 1.807) is 0 Å². The summed E-state index contributed by atoms with van der Waals surface area (Å²) in [5, 5.41) is 42.3. The summed E-state index contributed by atoms with van der Waals surface area (Å²) in [5.74, 6) is 0.591. The van der Waals surface area contributed by atoms with Crippen molar-refractivity contribution in [1.29, 1.82) is 0 Å². The van der Waals surface area contributed by atoms with E-state index in [0.717, 1.165) is 12.8 Å². The van der Waals surface area contributed by atoms with Crippen molar-refractivity contribution < 1.29 is 20.4 Å². The zero-order chi connectivity index (χ0) is 17.9. The average Bonchev–Trinajstić information content (AvgIpc) is 2.92. The van der Waals surface area contributed by atoms with Crippen molar-refractivity contribution in [3.63, 3.8) is 0 Å². The number of hydrogen-bond acceptors (Lipinski definition) is 4. The van der Waals surface area contributed by atoms with Crippen molar-refractivity contribution in [2.75, 3.05) is 6.61 Å². The molecular weight excluding hydrogens is 304 g/mol. The first kappa shape index (κ1) is 18.4. The molecule has 3 aliphatic rings. The van der Waals surface area contributed by atoms with Crippen LogP contribution >= 0.6 is 0 Å². The molecule has 4 N–H and O–H groups in total. The van der Waals surface area contributed by atoms with Gasteiger partial charge in [0.2, 0.25) is 0 Å². The maximum absolute atomic E-state index is 11.1. The summed E-state index contributed by atoms with van der Waals surface area (Å²) in [4.78, 5) is 0. The summed E-state index contributed by atoms with van der Waals surface area (Å²) >= 11 is 0. The number of fused-ring (bicyclic) bond motifs is 2. The summed E-state index contributed by atoms with van der Waals surface area (Å²) in [6.45, 7) is 8.39. The molecule has 3 aliphatic carbocycles. The number of aliphatic hydroxyl groups is 4. The lowest BCUT2D eigenvalue weighted by Gasteiger charge is -2.44. The quantitative estimate of drug-likeness (QED) is 0.581. The predicted molar refractivity (Wildman–Crippen MR) is 93.2 cm³/mol. The summed E-state index contributed by atoms with van der Waals surface area (Å²) in [6, 6.07) is 0. The van der Waals surface area contributed by atoms with Crippen LogP contribution in [0.15, 0.2) is 11.6 Å². The van der Waals surface area contributed by atoms with E-state index in [-0.39, 0.29) is 29.8 Å². The van der Waals surface area contributed by atoms with Gasteiger partial charge in [0.05, 0.1) is 17.8 Å². The molecule has 24 heavy (non-hydrogen) atoms. The van der Waals surface area contributed by atoms with Crippen LogP contribution in [0.25, 0.3) is 0 Å². The van der Waals surface area contributed by atoms with Crippen LogP contribution in [0.1, 0.15) is 53.4 Å². The SMILES string of the molecule is CC(C)[C@H]1C[C@H](O)[C@]2(C)C[C@@H]3[C@H](CO)C[C@@H](O)[C@H]3[C@@](C)(O)CC=C12. The Morgan fingerprint density at radius 1 is 1.21 bits per heavy atom. The van der Waals surface area contributed by atoms with E-state index >= 15 is 0 Å². The van der Waals surface area contributed by atoms with E-state index < -0.39 is 17.8 Å². The van der Waals surface area contributed by atoms with Crippen molar-refractivity contribution >= 4 is 0 Å². The Bertz CT molecular complexity index is 512. The molecule has 2 saturated carbocycles.